The normalized spacial score (nSPS) is 17.4. The van der Waals surface area contributed by atoms with Crippen molar-refractivity contribution in [3.8, 4) is 16.9 Å². The van der Waals surface area contributed by atoms with E-state index in [1.54, 1.807) is 12.1 Å². The van der Waals surface area contributed by atoms with Gasteiger partial charge in [-0.3, -0.25) is 0 Å². The van der Waals surface area contributed by atoms with Crippen LogP contribution in [-0.2, 0) is 6.42 Å². The van der Waals surface area contributed by atoms with Gasteiger partial charge in [-0.1, -0.05) is 63.4 Å². The number of carbonyl (C=O) groups excluding carboxylic acids is 1. The molecular weight excluding hydrogens is 492 g/mol. The Morgan fingerprint density at radius 1 is 0.789 bits per heavy atom. The standard InChI is InChI=1S/C32H34F4O2/c1-3-5-7-23-14-17-27(31(36)28(23)33)32(37)38-24-15-12-22(13-16-24)26-19-18-25(29(34)30(26)35)21-10-8-20(6-4-2)9-11-21/h12-21H,3-11H2,1-2H3. The van der Waals surface area contributed by atoms with Crippen LogP contribution in [0.15, 0.2) is 48.5 Å². The average molecular weight is 527 g/mol. The summed E-state index contributed by atoms with van der Waals surface area (Å²) in [4.78, 5) is 12.5. The third-order valence-corrected chi connectivity index (χ3v) is 7.65. The van der Waals surface area contributed by atoms with Crippen molar-refractivity contribution in [2.45, 2.75) is 77.6 Å². The Kier molecular flexibility index (Phi) is 9.24. The lowest BCUT2D eigenvalue weighted by Gasteiger charge is -2.29. The van der Waals surface area contributed by atoms with Crippen molar-refractivity contribution < 1.29 is 27.1 Å². The molecule has 3 aromatic carbocycles. The molecule has 0 radical (unpaired) electrons. The van der Waals surface area contributed by atoms with E-state index >= 15 is 8.78 Å². The van der Waals surface area contributed by atoms with Gasteiger partial charge in [-0.2, -0.15) is 0 Å². The molecule has 0 unspecified atom stereocenters. The molecule has 202 valence electrons. The van der Waals surface area contributed by atoms with Crippen LogP contribution in [0.5, 0.6) is 5.75 Å². The maximum atomic E-state index is 15.1. The molecule has 0 aliphatic heterocycles. The molecule has 1 aliphatic carbocycles. The monoisotopic (exact) mass is 526 g/mol. The highest BCUT2D eigenvalue weighted by molar-refractivity contribution is 5.91. The fraction of sp³-hybridized carbons (Fsp3) is 0.406. The molecule has 1 fully saturated rings. The first kappa shape index (κ1) is 27.9. The smallest absolute Gasteiger partial charge is 0.346 e. The van der Waals surface area contributed by atoms with E-state index in [2.05, 4.69) is 6.92 Å². The summed E-state index contributed by atoms with van der Waals surface area (Å²) in [5.74, 6) is -4.24. The van der Waals surface area contributed by atoms with Crippen molar-refractivity contribution in [2.24, 2.45) is 5.92 Å². The van der Waals surface area contributed by atoms with Crippen LogP contribution >= 0.6 is 0 Å². The SMILES string of the molecule is CCCCc1ccc(C(=O)Oc2ccc(-c3ccc(C4CCC(CCC)CC4)c(F)c3F)cc2)c(F)c1F. The molecule has 0 saturated heterocycles. The summed E-state index contributed by atoms with van der Waals surface area (Å²) in [6.45, 7) is 4.12. The molecular formula is C32H34F4O2. The van der Waals surface area contributed by atoms with E-state index in [1.807, 2.05) is 6.92 Å². The number of benzene rings is 3. The van der Waals surface area contributed by atoms with Crippen LogP contribution in [0.2, 0.25) is 0 Å². The quantitative estimate of drug-likeness (QED) is 0.158. The molecule has 0 atom stereocenters. The van der Waals surface area contributed by atoms with Gasteiger partial charge in [0, 0.05) is 5.56 Å². The third-order valence-electron chi connectivity index (χ3n) is 7.65. The lowest BCUT2D eigenvalue weighted by atomic mass is 9.77. The highest BCUT2D eigenvalue weighted by Gasteiger charge is 2.26. The Balaban J connectivity index is 1.45. The van der Waals surface area contributed by atoms with E-state index in [0.29, 0.717) is 29.9 Å². The molecule has 0 amide bonds. The first-order valence-electron chi connectivity index (χ1n) is 13.6. The summed E-state index contributed by atoms with van der Waals surface area (Å²) in [6.07, 6.45) is 8.08. The van der Waals surface area contributed by atoms with Crippen molar-refractivity contribution in [1.29, 1.82) is 0 Å². The van der Waals surface area contributed by atoms with Crippen LogP contribution in [0.3, 0.4) is 0 Å². The topological polar surface area (TPSA) is 26.3 Å². The number of rotatable bonds is 9. The number of hydrogen-bond donors (Lipinski definition) is 0. The summed E-state index contributed by atoms with van der Waals surface area (Å²) in [7, 11) is 0. The average Bonchev–Trinajstić information content (AvgIpc) is 2.92. The Bertz CT molecular complexity index is 1260. The van der Waals surface area contributed by atoms with Gasteiger partial charge in [0.05, 0.1) is 5.56 Å². The molecule has 38 heavy (non-hydrogen) atoms. The lowest BCUT2D eigenvalue weighted by molar-refractivity contribution is 0.0728. The van der Waals surface area contributed by atoms with E-state index in [1.165, 1.54) is 42.8 Å². The number of carbonyl (C=O) groups is 1. The number of hydrogen-bond acceptors (Lipinski definition) is 2. The highest BCUT2D eigenvalue weighted by Crippen LogP contribution is 2.40. The zero-order valence-electron chi connectivity index (χ0n) is 22.0. The van der Waals surface area contributed by atoms with Crippen molar-refractivity contribution >= 4 is 5.97 Å². The Hall–Kier alpha value is -3.15. The summed E-state index contributed by atoms with van der Waals surface area (Å²) < 4.78 is 64.2. The minimum atomic E-state index is -1.24. The van der Waals surface area contributed by atoms with Crippen LogP contribution < -0.4 is 4.74 Å². The van der Waals surface area contributed by atoms with E-state index < -0.39 is 34.8 Å². The molecule has 2 nitrogen and oxygen atoms in total. The van der Waals surface area contributed by atoms with Gasteiger partial charge in [0.1, 0.15) is 5.75 Å². The predicted octanol–water partition coefficient (Wildman–Crippen LogP) is 9.55. The predicted molar refractivity (Wildman–Crippen MR) is 141 cm³/mol. The zero-order valence-corrected chi connectivity index (χ0v) is 22.0. The minimum absolute atomic E-state index is 0.0272. The maximum Gasteiger partial charge on any atom is 0.346 e. The van der Waals surface area contributed by atoms with Crippen molar-refractivity contribution in [3.63, 3.8) is 0 Å². The van der Waals surface area contributed by atoms with Crippen LogP contribution in [-0.4, -0.2) is 5.97 Å². The molecule has 1 saturated carbocycles. The Labute approximate surface area is 222 Å². The lowest BCUT2D eigenvalue weighted by Crippen LogP contribution is -2.15. The maximum absolute atomic E-state index is 15.1. The number of halogens is 4. The van der Waals surface area contributed by atoms with E-state index in [-0.39, 0.29) is 22.8 Å². The zero-order chi connectivity index (χ0) is 27.2. The number of unbranched alkanes of at least 4 members (excludes halogenated alkanes) is 1. The first-order valence-corrected chi connectivity index (χ1v) is 13.6. The number of ether oxygens (including phenoxy) is 1. The second-order valence-corrected chi connectivity index (χ2v) is 10.3. The van der Waals surface area contributed by atoms with E-state index in [9.17, 15) is 13.6 Å². The first-order chi connectivity index (χ1) is 18.3. The molecule has 0 heterocycles. The molecule has 0 spiro atoms. The largest absolute Gasteiger partial charge is 0.423 e. The van der Waals surface area contributed by atoms with Crippen LogP contribution in [0.25, 0.3) is 11.1 Å². The van der Waals surface area contributed by atoms with Gasteiger partial charge in [0.2, 0.25) is 0 Å². The molecule has 0 aromatic heterocycles. The molecule has 6 heteroatoms. The fourth-order valence-corrected chi connectivity index (χ4v) is 5.44. The van der Waals surface area contributed by atoms with Gasteiger partial charge < -0.3 is 4.74 Å². The summed E-state index contributed by atoms with van der Waals surface area (Å²) in [5, 5.41) is 0. The Morgan fingerprint density at radius 3 is 2.16 bits per heavy atom. The summed E-state index contributed by atoms with van der Waals surface area (Å²) in [5.41, 5.74) is 0.673. The summed E-state index contributed by atoms with van der Waals surface area (Å²) >= 11 is 0. The fourth-order valence-electron chi connectivity index (χ4n) is 5.44. The molecule has 4 rings (SSSR count). The molecule has 3 aromatic rings. The van der Waals surface area contributed by atoms with Crippen molar-refractivity contribution in [2.75, 3.05) is 0 Å². The van der Waals surface area contributed by atoms with Gasteiger partial charge in [-0.15, -0.1) is 0 Å². The number of esters is 1. The second-order valence-electron chi connectivity index (χ2n) is 10.3. The van der Waals surface area contributed by atoms with Crippen molar-refractivity contribution in [1.82, 2.24) is 0 Å². The van der Waals surface area contributed by atoms with Crippen LogP contribution in [0.4, 0.5) is 17.6 Å². The Morgan fingerprint density at radius 2 is 1.50 bits per heavy atom. The summed E-state index contributed by atoms with van der Waals surface area (Å²) in [6, 6.07) is 11.7. The third kappa shape index (κ3) is 6.11. The second kappa shape index (κ2) is 12.6. The molecule has 0 N–H and O–H groups in total. The van der Waals surface area contributed by atoms with Gasteiger partial charge in [-0.25, -0.2) is 22.4 Å². The van der Waals surface area contributed by atoms with Crippen LogP contribution in [0, 0.1) is 29.2 Å². The van der Waals surface area contributed by atoms with Gasteiger partial charge in [0.25, 0.3) is 0 Å². The van der Waals surface area contributed by atoms with E-state index in [4.69, 9.17) is 4.74 Å². The molecule has 0 bridgehead atoms. The van der Waals surface area contributed by atoms with Gasteiger partial charge in [0.15, 0.2) is 23.3 Å². The molecule has 1 aliphatic rings. The highest BCUT2D eigenvalue weighted by atomic mass is 19.2. The van der Waals surface area contributed by atoms with Crippen molar-refractivity contribution in [3.05, 3.63) is 88.5 Å². The number of aryl methyl sites for hydroxylation is 1. The van der Waals surface area contributed by atoms with E-state index in [0.717, 1.165) is 38.5 Å². The van der Waals surface area contributed by atoms with Gasteiger partial charge >= 0.3 is 5.97 Å². The van der Waals surface area contributed by atoms with Crippen LogP contribution in [0.1, 0.15) is 92.6 Å². The minimum Gasteiger partial charge on any atom is -0.423 e. The van der Waals surface area contributed by atoms with Gasteiger partial charge in [-0.05, 0) is 85.3 Å².